The number of aliphatic hydroxyl groups excluding tert-OH is 2. The van der Waals surface area contributed by atoms with Crippen molar-refractivity contribution in [3.8, 4) is 11.5 Å². The molecular formula is C26H31F3N2O5. The third-order valence-electron chi connectivity index (χ3n) is 7.60. The summed E-state index contributed by atoms with van der Waals surface area (Å²) in [4.78, 5) is 13.3. The van der Waals surface area contributed by atoms with Crippen LogP contribution in [0.1, 0.15) is 48.1 Å². The number of hydrogen-bond acceptors (Lipinski definition) is 5. The van der Waals surface area contributed by atoms with E-state index < -0.39 is 36.1 Å². The van der Waals surface area contributed by atoms with E-state index in [1.54, 1.807) is 12.1 Å². The summed E-state index contributed by atoms with van der Waals surface area (Å²) in [5.74, 6) is -1.32. The van der Waals surface area contributed by atoms with Crippen LogP contribution >= 0.6 is 0 Å². The van der Waals surface area contributed by atoms with Crippen LogP contribution in [0.3, 0.4) is 0 Å². The van der Waals surface area contributed by atoms with Gasteiger partial charge in [-0.1, -0.05) is 13.0 Å². The van der Waals surface area contributed by atoms with E-state index in [4.69, 9.17) is 0 Å². The summed E-state index contributed by atoms with van der Waals surface area (Å²) in [5, 5.41) is 22.8. The van der Waals surface area contributed by atoms with E-state index in [1.165, 1.54) is 18.2 Å². The first kappa shape index (κ1) is 23.2. The van der Waals surface area contributed by atoms with Gasteiger partial charge in [-0.05, 0) is 55.5 Å². The molecule has 3 aliphatic rings. The number of halogens is 3. The number of fused-ring (bicyclic) bond motifs is 2. The van der Waals surface area contributed by atoms with E-state index in [0.717, 1.165) is 18.5 Å². The lowest BCUT2D eigenvalue weighted by molar-refractivity contribution is -0.286. The van der Waals surface area contributed by atoms with Gasteiger partial charge in [0.1, 0.15) is 5.82 Å². The number of anilines is 1. The highest BCUT2D eigenvalue weighted by molar-refractivity contribution is 6.03. The molecule has 1 aromatic heterocycles. The summed E-state index contributed by atoms with van der Waals surface area (Å²) in [6.45, 7) is 1.81. The smallest absolute Gasteiger partial charge is 0.395 e. The average Bonchev–Trinajstić information content (AvgIpc) is 3.73. The van der Waals surface area contributed by atoms with Gasteiger partial charge in [-0.2, -0.15) is 0 Å². The van der Waals surface area contributed by atoms with Crippen molar-refractivity contribution in [2.45, 2.75) is 62.4 Å². The van der Waals surface area contributed by atoms with Gasteiger partial charge in [0.25, 0.3) is 0 Å². The van der Waals surface area contributed by atoms with Gasteiger partial charge in [-0.15, -0.1) is 8.78 Å². The van der Waals surface area contributed by atoms with Gasteiger partial charge >= 0.3 is 6.29 Å². The predicted molar refractivity (Wildman–Crippen MR) is 130 cm³/mol. The Kier molecular flexibility index (Phi) is 4.91. The Bertz CT molecular complexity index is 1410. The van der Waals surface area contributed by atoms with Gasteiger partial charge < -0.3 is 29.6 Å². The topological polar surface area (TPSA) is 93.0 Å². The molecule has 2 aliphatic carbocycles. The molecule has 36 heavy (non-hydrogen) atoms. The van der Waals surface area contributed by atoms with Crippen molar-refractivity contribution in [1.82, 2.24) is 4.57 Å². The van der Waals surface area contributed by atoms with Crippen molar-refractivity contribution in [2.75, 3.05) is 11.9 Å². The fourth-order valence-corrected chi connectivity index (χ4v) is 5.05. The van der Waals surface area contributed by atoms with Gasteiger partial charge in [-0.3, -0.25) is 4.79 Å². The molecule has 3 N–H and O–H groups in total. The quantitative estimate of drug-likeness (QED) is 0.422. The van der Waals surface area contributed by atoms with Crippen LogP contribution in [0.25, 0.3) is 10.9 Å². The second kappa shape index (κ2) is 7.63. The van der Waals surface area contributed by atoms with Crippen molar-refractivity contribution in [3.63, 3.8) is 0 Å². The predicted octanol–water partition coefficient (Wildman–Crippen LogP) is 4.91. The Morgan fingerprint density at radius 2 is 1.86 bits per heavy atom. The molecule has 10 heteroatoms. The molecule has 2 heterocycles. The highest BCUT2D eigenvalue weighted by Crippen LogP contribution is 2.53. The maximum Gasteiger partial charge on any atom is 0.586 e. The zero-order chi connectivity index (χ0) is 25.5. The van der Waals surface area contributed by atoms with E-state index in [1.807, 2.05) is 10.6 Å². The molecular weight excluding hydrogens is 477 g/mol. The minimum Gasteiger partial charge on any atom is -0.395 e. The van der Waals surface area contributed by atoms with Gasteiger partial charge in [0.2, 0.25) is 5.91 Å². The fraction of sp³-hybridized carbons (Fsp3) is 0.423. The summed E-state index contributed by atoms with van der Waals surface area (Å²) in [6, 6.07) is 9.09. The number of nitrogens with one attached hydrogen (secondary N) is 1. The van der Waals surface area contributed by atoms with Crippen LogP contribution in [0.4, 0.5) is 18.9 Å². The van der Waals surface area contributed by atoms with Crippen LogP contribution in [0.15, 0.2) is 36.4 Å². The van der Waals surface area contributed by atoms with Gasteiger partial charge in [0.05, 0.1) is 35.9 Å². The number of hydrogen-bond donors (Lipinski definition) is 3. The molecule has 2 fully saturated rings. The SMILES string of the molecule is CC1(c2cc3cc(NC(=O)C4(c5ccc6c(c5)OC(F)(F)O6)CC4)c(F)cc3n2C[C@H](O)CO)CC1.[HH].[HH].[HH]. The lowest BCUT2D eigenvalue weighted by Gasteiger charge is -2.18. The average molecular weight is 509 g/mol. The Hall–Kier alpha value is -3.24. The van der Waals surface area contributed by atoms with Crippen LogP contribution in [0, 0.1) is 5.82 Å². The molecule has 3 aromatic rings. The van der Waals surface area contributed by atoms with Crippen LogP contribution in [-0.2, 0) is 22.2 Å². The Labute approximate surface area is 208 Å². The number of nitrogens with zero attached hydrogens (tertiary/aromatic N) is 1. The Morgan fingerprint density at radius 3 is 2.53 bits per heavy atom. The molecule has 0 radical (unpaired) electrons. The second-order valence-corrected chi connectivity index (χ2v) is 10.3. The van der Waals surface area contributed by atoms with Crippen molar-refractivity contribution < 1.29 is 41.9 Å². The van der Waals surface area contributed by atoms with E-state index >= 15 is 4.39 Å². The van der Waals surface area contributed by atoms with Crippen molar-refractivity contribution in [1.29, 1.82) is 0 Å². The number of aliphatic hydroxyl groups is 2. The van der Waals surface area contributed by atoms with Crippen molar-refractivity contribution >= 4 is 22.5 Å². The molecule has 6 rings (SSSR count). The van der Waals surface area contributed by atoms with Crippen molar-refractivity contribution in [3.05, 3.63) is 53.5 Å². The summed E-state index contributed by atoms with van der Waals surface area (Å²) in [5.41, 5.74) is 0.972. The second-order valence-electron chi connectivity index (χ2n) is 10.3. The van der Waals surface area contributed by atoms with Crippen LogP contribution in [-0.4, -0.2) is 39.7 Å². The summed E-state index contributed by atoms with van der Waals surface area (Å²) in [6.07, 6.45) is -1.84. The van der Waals surface area contributed by atoms with Crippen LogP contribution < -0.4 is 14.8 Å². The maximum absolute atomic E-state index is 15.2. The van der Waals surface area contributed by atoms with Crippen LogP contribution in [0.2, 0.25) is 0 Å². The number of carbonyl (C=O) groups excluding carboxylic acids is 1. The standard InChI is InChI=1S/C26H25F3N2O5.3H2/c1-24(4-5-24)22-9-14-8-18(17(27)11-19(14)31(22)12-16(33)13-32)30-23(34)25(6-7-25)15-2-3-20-21(10-15)36-26(28,29)35-20;;;/h2-3,8-11,16,32-33H,4-7,12-13H2,1H3,(H,30,34);3*1H/t16-;;;/m0.../s1. The Balaban J connectivity index is 0.00000140. The number of aromatic nitrogens is 1. The number of rotatable bonds is 7. The van der Waals surface area contributed by atoms with Gasteiger partial charge in [0, 0.05) is 26.8 Å². The van der Waals surface area contributed by atoms with Crippen LogP contribution in [0.5, 0.6) is 11.5 Å². The van der Waals surface area contributed by atoms with E-state index in [9.17, 15) is 23.8 Å². The number of alkyl halides is 2. The first-order valence-electron chi connectivity index (χ1n) is 11.9. The molecule has 0 saturated heterocycles. The largest absolute Gasteiger partial charge is 0.586 e. The zero-order valence-electron chi connectivity index (χ0n) is 19.5. The molecule has 0 spiro atoms. The van der Waals surface area contributed by atoms with Crippen molar-refractivity contribution in [2.24, 2.45) is 0 Å². The Morgan fingerprint density at radius 1 is 1.14 bits per heavy atom. The summed E-state index contributed by atoms with van der Waals surface area (Å²) >= 11 is 0. The molecule has 1 amide bonds. The summed E-state index contributed by atoms with van der Waals surface area (Å²) in [7, 11) is 0. The fourth-order valence-electron chi connectivity index (χ4n) is 5.05. The van der Waals surface area contributed by atoms with Gasteiger partial charge in [-0.25, -0.2) is 4.39 Å². The lowest BCUT2D eigenvalue weighted by atomic mass is 9.94. The molecule has 196 valence electrons. The monoisotopic (exact) mass is 508 g/mol. The zero-order valence-corrected chi connectivity index (χ0v) is 19.5. The molecule has 2 aromatic carbocycles. The number of amides is 1. The molecule has 7 nitrogen and oxygen atoms in total. The lowest BCUT2D eigenvalue weighted by Crippen LogP contribution is -2.28. The molecule has 0 bridgehead atoms. The third kappa shape index (κ3) is 3.70. The minimum atomic E-state index is -3.75. The van der Waals surface area contributed by atoms with E-state index in [-0.39, 0.29) is 33.4 Å². The third-order valence-corrected chi connectivity index (χ3v) is 7.60. The molecule has 2 saturated carbocycles. The molecule has 1 atom stereocenters. The normalized spacial score (nSPS) is 20.8. The first-order chi connectivity index (χ1) is 17.0. The van der Waals surface area contributed by atoms with E-state index in [0.29, 0.717) is 29.3 Å². The number of ether oxygens (including phenoxy) is 2. The molecule has 0 unspecified atom stereocenters. The highest BCUT2D eigenvalue weighted by Gasteiger charge is 2.53. The highest BCUT2D eigenvalue weighted by atomic mass is 19.3. The summed E-state index contributed by atoms with van der Waals surface area (Å²) < 4.78 is 52.8. The van der Waals surface area contributed by atoms with Gasteiger partial charge in [0.15, 0.2) is 11.5 Å². The molecule has 1 aliphatic heterocycles. The number of carbonyl (C=O) groups is 1. The minimum absolute atomic E-state index is 0. The van der Waals surface area contributed by atoms with E-state index in [2.05, 4.69) is 21.7 Å². The maximum atomic E-state index is 15.2. The number of benzene rings is 2. The first-order valence-corrected chi connectivity index (χ1v) is 11.9.